The highest BCUT2D eigenvalue weighted by Gasteiger charge is 2.24. The number of carboxylic acid groups (broad SMARTS) is 1. The van der Waals surface area contributed by atoms with Crippen LogP contribution in [0.3, 0.4) is 0 Å². The first-order valence-corrected chi connectivity index (χ1v) is 6.34. The Morgan fingerprint density at radius 3 is 2.67 bits per heavy atom. The number of rotatable bonds is 7. The van der Waals surface area contributed by atoms with Crippen LogP contribution < -0.4 is 4.72 Å². The van der Waals surface area contributed by atoms with E-state index in [1.54, 1.807) is 0 Å². The van der Waals surface area contributed by atoms with Crippen LogP contribution in [0, 0.1) is 0 Å². The molecule has 1 unspecified atom stereocenters. The Balaban J connectivity index is 2.88. The van der Waals surface area contributed by atoms with Gasteiger partial charge >= 0.3 is 5.97 Å². The summed E-state index contributed by atoms with van der Waals surface area (Å²) in [6, 6.07) is 1.21. The van der Waals surface area contributed by atoms with Crippen molar-refractivity contribution < 1.29 is 32.6 Å². The predicted octanol–water partition coefficient (Wildman–Crippen LogP) is -0.737. The molecule has 0 fully saturated rings. The average molecular weight is 279 g/mol. The number of methoxy groups -OCH3 is 1. The normalized spacial score (nSPS) is 13.4. The second kappa shape index (κ2) is 5.96. The van der Waals surface area contributed by atoms with Crippen LogP contribution in [0.4, 0.5) is 0 Å². The number of sulfonamides is 1. The molecule has 1 rings (SSSR count). The topological polar surface area (TPSA) is 126 Å². The summed E-state index contributed by atoms with van der Waals surface area (Å²) in [5.41, 5.74) is 0. The molecule has 1 atom stereocenters. The van der Waals surface area contributed by atoms with Crippen molar-refractivity contribution in [3.05, 3.63) is 17.9 Å². The quantitative estimate of drug-likeness (QED) is 0.600. The molecule has 0 saturated heterocycles. The van der Waals surface area contributed by atoms with Crippen LogP contribution in [-0.4, -0.2) is 51.0 Å². The molecule has 1 heterocycles. The van der Waals surface area contributed by atoms with E-state index in [1.807, 2.05) is 0 Å². The molecule has 0 bridgehead atoms. The Morgan fingerprint density at radius 2 is 2.22 bits per heavy atom. The molecule has 0 spiro atoms. The zero-order valence-corrected chi connectivity index (χ0v) is 10.3. The number of aliphatic hydroxyl groups is 1. The smallest absolute Gasteiger partial charge is 0.371 e. The first kappa shape index (κ1) is 14.6. The van der Waals surface area contributed by atoms with E-state index in [9.17, 15) is 13.2 Å². The van der Waals surface area contributed by atoms with Gasteiger partial charge in [-0.3, -0.25) is 0 Å². The maximum Gasteiger partial charge on any atom is 0.371 e. The van der Waals surface area contributed by atoms with Gasteiger partial charge in [-0.2, -0.15) is 0 Å². The summed E-state index contributed by atoms with van der Waals surface area (Å²) >= 11 is 0. The molecular weight excluding hydrogens is 266 g/mol. The van der Waals surface area contributed by atoms with Gasteiger partial charge in [-0.05, 0) is 12.1 Å². The lowest BCUT2D eigenvalue weighted by Crippen LogP contribution is -2.40. The number of nitrogens with one attached hydrogen (secondary N) is 1. The third kappa shape index (κ3) is 3.53. The first-order valence-electron chi connectivity index (χ1n) is 4.86. The second-order valence-corrected chi connectivity index (χ2v) is 5.02. The Hall–Kier alpha value is -1.42. The highest BCUT2D eigenvalue weighted by Crippen LogP contribution is 2.14. The lowest BCUT2D eigenvalue weighted by molar-refractivity contribution is 0.0656. The Bertz CT molecular complexity index is 507. The highest BCUT2D eigenvalue weighted by atomic mass is 32.2. The Labute approximate surface area is 103 Å². The second-order valence-electron chi connectivity index (χ2n) is 3.38. The Morgan fingerprint density at radius 1 is 1.56 bits per heavy atom. The van der Waals surface area contributed by atoms with Crippen molar-refractivity contribution in [3.8, 4) is 0 Å². The number of aromatic carboxylic acids is 1. The van der Waals surface area contributed by atoms with Gasteiger partial charge in [0.25, 0.3) is 10.0 Å². The summed E-state index contributed by atoms with van der Waals surface area (Å²) in [5.74, 6) is -1.85. The van der Waals surface area contributed by atoms with Crippen molar-refractivity contribution in [1.29, 1.82) is 0 Å². The van der Waals surface area contributed by atoms with Gasteiger partial charge in [-0.1, -0.05) is 0 Å². The number of hydrogen-bond acceptors (Lipinski definition) is 6. The molecule has 1 aromatic rings. The zero-order chi connectivity index (χ0) is 13.8. The van der Waals surface area contributed by atoms with E-state index in [0.717, 1.165) is 12.1 Å². The predicted molar refractivity (Wildman–Crippen MR) is 58.7 cm³/mol. The van der Waals surface area contributed by atoms with Crippen molar-refractivity contribution >= 4 is 16.0 Å². The molecule has 0 aliphatic rings. The van der Waals surface area contributed by atoms with Crippen LogP contribution in [0.5, 0.6) is 0 Å². The molecule has 1 aromatic heterocycles. The molecule has 102 valence electrons. The number of hydrogen-bond donors (Lipinski definition) is 3. The third-order valence-corrected chi connectivity index (χ3v) is 3.36. The van der Waals surface area contributed by atoms with Gasteiger partial charge in [0.1, 0.15) is 0 Å². The minimum absolute atomic E-state index is 0.0256. The number of furan rings is 1. The summed E-state index contributed by atoms with van der Waals surface area (Å²) < 4.78 is 35.0. The number of ether oxygens (including phenoxy) is 1. The number of carboxylic acids is 1. The van der Waals surface area contributed by atoms with Crippen LogP contribution in [-0.2, 0) is 14.8 Å². The van der Waals surface area contributed by atoms with Gasteiger partial charge in [0.15, 0.2) is 0 Å². The first-order chi connectivity index (χ1) is 8.40. The largest absolute Gasteiger partial charge is 0.475 e. The van der Waals surface area contributed by atoms with E-state index in [4.69, 9.17) is 14.9 Å². The van der Waals surface area contributed by atoms with Gasteiger partial charge in [0, 0.05) is 7.11 Å². The Kier molecular flexibility index (Phi) is 4.84. The van der Waals surface area contributed by atoms with E-state index in [2.05, 4.69) is 9.14 Å². The maximum atomic E-state index is 11.7. The molecule has 8 nitrogen and oxygen atoms in total. The van der Waals surface area contributed by atoms with E-state index >= 15 is 0 Å². The summed E-state index contributed by atoms with van der Waals surface area (Å²) in [4.78, 5) is 10.6. The lowest BCUT2D eigenvalue weighted by atomic mass is 10.4. The summed E-state index contributed by atoms with van der Waals surface area (Å²) in [6.45, 7) is -0.484. The summed E-state index contributed by atoms with van der Waals surface area (Å²) in [6.07, 6.45) is 0. The maximum absolute atomic E-state index is 11.7. The third-order valence-electron chi connectivity index (χ3n) is 1.97. The van der Waals surface area contributed by atoms with Crippen molar-refractivity contribution in [1.82, 2.24) is 4.72 Å². The minimum Gasteiger partial charge on any atom is -0.475 e. The fraction of sp³-hybridized carbons (Fsp3) is 0.444. The van der Waals surface area contributed by atoms with Crippen molar-refractivity contribution in [2.75, 3.05) is 20.3 Å². The average Bonchev–Trinajstić information content (AvgIpc) is 2.78. The molecular formula is C9H13NO7S. The van der Waals surface area contributed by atoms with E-state index in [1.165, 1.54) is 7.11 Å². The molecule has 0 aromatic carbocycles. The SMILES string of the molecule is COCC(CO)NS(=O)(=O)c1ccc(C(=O)O)o1. The van der Waals surface area contributed by atoms with Gasteiger partial charge in [0.05, 0.1) is 19.3 Å². The van der Waals surface area contributed by atoms with E-state index in [0.29, 0.717) is 0 Å². The van der Waals surface area contributed by atoms with Crippen LogP contribution in [0.15, 0.2) is 21.6 Å². The standard InChI is InChI=1S/C9H13NO7S/c1-16-5-6(4-11)10-18(14,15)8-3-2-7(17-8)9(12)13/h2-3,6,10-11H,4-5H2,1H3,(H,12,13). The summed E-state index contributed by atoms with van der Waals surface area (Å²) in [5, 5.41) is 17.0. The van der Waals surface area contributed by atoms with Crippen molar-refractivity contribution in [3.63, 3.8) is 0 Å². The minimum atomic E-state index is -4.03. The molecule has 0 saturated carbocycles. The molecule has 3 N–H and O–H groups in total. The fourth-order valence-corrected chi connectivity index (χ4v) is 2.33. The molecule has 0 radical (unpaired) electrons. The fourth-order valence-electron chi connectivity index (χ4n) is 1.18. The van der Waals surface area contributed by atoms with E-state index < -0.39 is 39.5 Å². The zero-order valence-electron chi connectivity index (χ0n) is 9.49. The highest BCUT2D eigenvalue weighted by molar-refractivity contribution is 7.89. The van der Waals surface area contributed by atoms with Gasteiger partial charge in [0.2, 0.25) is 10.9 Å². The van der Waals surface area contributed by atoms with Crippen LogP contribution in [0.25, 0.3) is 0 Å². The monoisotopic (exact) mass is 279 g/mol. The van der Waals surface area contributed by atoms with Crippen LogP contribution in [0.1, 0.15) is 10.6 Å². The number of carbonyl (C=O) groups is 1. The molecule has 0 aliphatic carbocycles. The van der Waals surface area contributed by atoms with E-state index in [-0.39, 0.29) is 6.61 Å². The van der Waals surface area contributed by atoms with Gasteiger partial charge in [-0.15, -0.1) is 0 Å². The van der Waals surface area contributed by atoms with Crippen LogP contribution in [0.2, 0.25) is 0 Å². The molecule has 18 heavy (non-hydrogen) atoms. The number of aliphatic hydroxyl groups excluding tert-OH is 1. The van der Waals surface area contributed by atoms with Crippen molar-refractivity contribution in [2.24, 2.45) is 0 Å². The lowest BCUT2D eigenvalue weighted by Gasteiger charge is -2.13. The molecule has 9 heteroatoms. The molecule has 0 aliphatic heterocycles. The van der Waals surface area contributed by atoms with Gasteiger partial charge in [-0.25, -0.2) is 17.9 Å². The van der Waals surface area contributed by atoms with Crippen LogP contribution >= 0.6 is 0 Å². The van der Waals surface area contributed by atoms with Crippen molar-refractivity contribution in [2.45, 2.75) is 11.1 Å². The summed E-state index contributed by atoms with van der Waals surface area (Å²) in [7, 11) is -2.67. The molecule has 0 amide bonds. The van der Waals surface area contributed by atoms with Gasteiger partial charge < -0.3 is 19.4 Å².